The van der Waals surface area contributed by atoms with E-state index in [1.807, 2.05) is 31.2 Å². The predicted octanol–water partition coefficient (Wildman–Crippen LogP) is 3.26. The Bertz CT molecular complexity index is 890. The lowest BCUT2D eigenvalue weighted by Gasteiger charge is -2.13. The maximum Gasteiger partial charge on any atom is 0.324 e. The maximum atomic E-state index is 12.3. The van der Waals surface area contributed by atoms with Gasteiger partial charge < -0.3 is 10.6 Å². The first-order valence-electron chi connectivity index (χ1n) is 9.20. The second-order valence-electron chi connectivity index (χ2n) is 6.80. The lowest BCUT2D eigenvalue weighted by molar-refractivity contribution is -0.125. The molecule has 1 heterocycles. The van der Waals surface area contributed by atoms with Crippen molar-refractivity contribution in [2.45, 2.75) is 26.3 Å². The van der Waals surface area contributed by atoms with E-state index >= 15 is 0 Å². The van der Waals surface area contributed by atoms with Gasteiger partial charge in [-0.3, -0.25) is 14.5 Å². The molecule has 0 saturated carbocycles. The third-order valence-electron chi connectivity index (χ3n) is 4.50. The van der Waals surface area contributed by atoms with Crippen LogP contribution in [0.1, 0.15) is 24.5 Å². The summed E-state index contributed by atoms with van der Waals surface area (Å²) in [6.07, 6.45) is 3.30. The predicted molar refractivity (Wildman–Crippen MR) is 108 cm³/mol. The molecule has 2 aromatic carbocycles. The van der Waals surface area contributed by atoms with Crippen LogP contribution in [0.25, 0.3) is 0 Å². The molecule has 0 spiro atoms. The summed E-state index contributed by atoms with van der Waals surface area (Å²) in [5, 5.41) is 5.33. The molecule has 0 unspecified atom stereocenters. The number of rotatable bonds is 7. The summed E-state index contributed by atoms with van der Waals surface area (Å²) in [6, 6.07) is 16.9. The van der Waals surface area contributed by atoms with Crippen molar-refractivity contribution in [3.63, 3.8) is 0 Å². The zero-order valence-electron chi connectivity index (χ0n) is 15.8. The van der Waals surface area contributed by atoms with Gasteiger partial charge in [0.25, 0.3) is 0 Å². The summed E-state index contributed by atoms with van der Waals surface area (Å²) in [6.45, 7) is 2.15. The monoisotopic (exact) mass is 377 g/mol. The SMILES string of the molecule is C/C(=C\C(=O)Nc1cccc(CN2C(=O)CNC2=O)c1)CCc1ccccc1. The molecule has 4 amide bonds. The van der Waals surface area contributed by atoms with Gasteiger partial charge in [-0.05, 0) is 43.0 Å². The third-order valence-corrected chi connectivity index (χ3v) is 4.50. The van der Waals surface area contributed by atoms with Crippen LogP contribution in [0.3, 0.4) is 0 Å². The molecule has 3 rings (SSSR count). The Balaban J connectivity index is 1.56. The van der Waals surface area contributed by atoms with Gasteiger partial charge in [-0.15, -0.1) is 0 Å². The Labute approximate surface area is 164 Å². The number of hydrogen-bond acceptors (Lipinski definition) is 3. The van der Waals surface area contributed by atoms with Gasteiger partial charge in [-0.2, -0.15) is 0 Å². The van der Waals surface area contributed by atoms with Gasteiger partial charge in [-0.1, -0.05) is 48.0 Å². The van der Waals surface area contributed by atoms with E-state index in [9.17, 15) is 14.4 Å². The molecule has 2 aromatic rings. The van der Waals surface area contributed by atoms with Gasteiger partial charge in [0.05, 0.1) is 13.1 Å². The van der Waals surface area contributed by atoms with Gasteiger partial charge in [0.2, 0.25) is 11.8 Å². The van der Waals surface area contributed by atoms with Crippen LogP contribution in [0, 0.1) is 0 Å². The molecule has 28 heavy (non-hydrogen) atoms. The molecule has 1 saturated heterocycles. The number of urea groups is 1. The van der Waals surface area contributed by atoms with Crippen LogP contribution >= 0.6 is 0 Å². The molecule has 144 valence electrons. The Morgan fingerprint density at radius 1 is 1.11 bits per heavy atom. The average molecular weight is 377 g/mol. The Kier molecular flexibility index (Phi) is 6.22. The number of benzene rings is 2. The fraction of sp³-hybridized carbons (Fsp3) is 0.227. The van der Waals surface area contributed by atoms with Crippen LogP contribution in [0.2, 0.25) is 0 Å². The van der Waals surface area contributed by atoms with Crippen molar-refractivity contribution in [2.24, 2.45) is 0 Å². The second-order valence-corrected chi connectivity index (χ2v) is 6.80. The van der Waals surface area contributed by atoms with Crippen LogP contribution in [0.5, 0.6) is 0 Å². The molecule has 1 aliphatic heterocycles. The third kappa shape index (κ3) is 5.30. The number of allylic oxidation sites excluding steroid dienone is 1. The van der Waals surface area contributed by atoms with Crippen LogP contribution < -0.4 is 10.6 Å². The highest BCUT2D eigenvalue weighted by Crippen LogP contribution is 2.15. The summed E-state index contributed by atoms with van der Waals surface area (Å²) < 4.78 is 0. The zero-order chi connectivity index (χ0) is 19.9. The zero-order valence-corrected chi connectivity index (χ0v) is 15.8. The van der Waals surface area contributed by atoms with Gasteiger partial charge in [-0.25, -0.2) is 4.79 Å². The highest BCUT2D eigenvalue weighted by atomic mass is 16.2. The number of amides is 4. The first kappa shape index (κ1) is 19.4. The molecule has 1 aliphatic rings. The average Bonchev–Trinajstić information content (AvgIpc) is 2.99. The van der Waals surface area contributed by atoms with Crippen molar-refractivity contribution in [3.8, 4) is 0 Å². The standard InChI is InChI=1S/C22H23N3O3/c1-16(10-11-17-6-3-2-4-7-17)12-20(26)24-19-9-5-8-18(13-19)15-25-21(27)14-23-22(25)28/h2-9,12-13H,10-11,14-15H2,1H3,(H,23,28)(H,24,26)/b16-12+. The molecule has 6 heteroatoms. The minimum Gasteiger partial charge on any atom is -0.329 e. The summed E-state index contributed by atoms with van der Waals surface area (Å²) in [5.41, 5.74) is 3.63. The quantitative estimate of drug-likeness (QED) is 0.574. The summed E-state index contributed by atoms with van der Waals surface area (Å²) in [4.78, 5) is 36.8. The molecule has 6 nitrogen and oxygen atoms in total. The lowest BCUT2D eigenvalue weighted by atomic mass is 10.1. The van der Waals surface area contributed by atoms with Gasteiger partial charge in [0.1, 0.15) is 0 Å². The maximum absolute atomic E-state index is 12.3. The number of carbonyl (C=O) groups is 3. The number of nitrogens with zero attached hydrogens (tertiary/aromatic N) is 1. The topological polar surface area (TPSA) is 78.5 Å². The number of aryl methyl sites for hydroxylation is 1. The molecule has 0 bridgehead atoms. The number of nitrogens with one attached hydrogen (secondary N) is 2. The Morgan fingerprint density at radius 3 is 2.57 bits per heavy atom. The second kappa shape index (κ2) is 8.99. The van der Waals surface area contributed by atoms with Gasteiger partial charge in [0.15, 0.2) is 0 Å². The van der Waals surface area contributed by atoms with Crippen LogP contribution in [0.4, 0.5) is 10.5 Å². The molecular formula is C22H23N3O3. The molecule has 0 aromatic heterocycles. The van der Waals surface area contributed by atoms with E-state index < -0.39 is 6.03 Å². The van der Waals surface area contributed by atoms with Crippen molar-refractivity contribution >= 4 is 23.5 Å². The van der Waals surface area contributed by atoms with Crippen LogP contribution in [0.15, 0.2) is 66.2 Å². The van der Waals surface area contributed by atoms with Crippen molar-refractivity contribution in [3.05, 3.63) is 77.4 Å². The van der Waals surface area contributed by atoms with Crippen molar-refractivity contribution in [1.82, 2.24) is 10.2 Å². The highest BCUT2D eigenvalue weighted by molar-refractivity contribution is 6.02. The number of anilines is 1. The van der Waals surface area contributed by atoms with E-state index in [1.54, 1.807) is 24.3 Å². The molecule has 0 aliphatic carbocycles. The van der Waals surface area contributed by atoms with Crippen LogP contribution in [-0.2, 0) is 22.6 Å². The summed E-state index contributed by atoms with van der Waals surface area (Å²) in [7, 11) is 0. The highest BCUT2D eigenvalue weighted by Gasteiger charge is 2.28. The molecule has 2 N–H and O–H groups in total. The van der Waals surface area contributed by atoms with E-state index in [0.717, 1.165) is 28.9 Å². The van der Waals surface area contributed by atoms with E-state index in [2.05, 4.69) is 22.8 Å². The van der Waals surface area contributed by atoms with E-state index in [-0.39, 0.29) is 24.9 Å². The summed E-state index contributed by atoms with van der Waals surface area (Å²) >= 11 is 0. The lowest BCUT2D eigenvalue weighted by Crippen LogP contribution is -2.30. The minimum atomic E-state index is -0.392. The van der Waals surface area contributed by atoms with Crippen molar-refractivity contribution < 1.29 is 14.4 Å². The fourth-order valence-electron chi connectivity index (χ4n) is 3.01. The van der Waals surface area contributed by atoms with E-state index in [4.69, 9.17) is 0 Å². The van der Waals surface area contributed by atoms with Gasteiger partial charge >= 0.3 is 6.03 Å². The molecule has 0 atom stereocenters. The van der Waals surface area contributed by atoms with E-state index in [0.29, 0.717) is 5.69 Å². The van der Waals surface area contributed by atoms with Gasteiger partial charge in [0, 0.05) is 11.8 Å². The van der Waals surface area contributed by atoms with E-state index in [1.165, 1.54) is 5.56 Å². The number of carbonyl (C=O) groups excluding carboxylic acids is 3. The number of hydrogen-bond donors (Lipinski definition) is 2. The van der Waals surface area contributed by atoms with Crippen molar-refractivity contribution in [1.29, 1.82) is 0 Å². The first-order valence-corrected chi connectivity index (χ1v) is 9.20. The Hall–Kier alpha value is -3.41. The largest absolute Gasteiger partial charge is 0.329 e. The van der Waals surface area contributed by atoms with Crippen molar-refractivity contribution in [2.75, 3.05) is 11.9 Å². The smallest absolute Gasteiger partial charge is 0.324 e. The normalized spacial score (nSPS) is 14.2. The molecule has 1 fully saturated rings. The summed E-state index contributed by atoms with van der Waals surface area (Å²) in [5.74, 6) is -0.450. The molecular weight excluding hydrogens is 354 g/mol. The number of imide groups is 1. The first-order chi connectivity index (χ1) is 13.5. The van der Waals surface area contributed by atoms with Crippen LogP contribution in [-0.4, -0.2) is 29.3 Å². The fourth-order valence-corrected chi connectivity index (χ4v) is 3.01. The minimum absolute atomic E-state index is 0.0301. The molecule has 0 radical (unpaired) electrons. The Morgan fingerprint density at radius 2 is 1.86 bits per heavy atom.